The summed E-state index contributed by atoms with van der Waals surface area (Å²) >= 11 is 2.32. The van der Waals surface area contributed by atoms with E-state index in [-0.39, 0.29) is 6.10 Å². The Morgan fingerprint density at radius 1 is 1.04 bits per heavy atom. The molecule has 3 aromatic rings. The lowest BCUT2D eigenvalue weighted by Gasteiger charge is -2.28. The fraction of sp³-hybridized carbons (Fsp3) is 0.381. The highest BCUT2D eigenvalue weighted by atomic mass is 127. The first-order chi connectivity index (χ1) is 13.7. The van der Waals surface area contributed by atoms with Gasteiger partial charge >= 0.3 is 0 Å². The first kappa shape index (κ1) is 19.3. The van der Waals surface area contributed by atoms with E-state index >= 15 is 0 Å². The molecule has 2 heterocycles. The maximum absolute atomic E-state index is 6.04. The average Bonchev–Trinajstić information content (AvgIpc) is 3.14. The number of methoxy groups -OCH3 is 1. The van der Waals surface area contributed by atoms with Crippen LogP contribution in [-0.2, 0) is 11.3 Å². The predicted octanol–water partition coefficient (Wildman–Crippen LogP) is 4.52. The summed E-state index contributed by atoms with van der Waals surface area (Å²) in [5.74, 6) is 2.92. The summed E-state index contributed by atoms with van der Waals surface area (Å²) in [6.07, 6.45) is 5.99. The Balaban J connectivity index is 1.51. The van der Waals surface area contributed by atoms with Crippen molar-refractivity contribution in [2.45, 2.75) is 44.3 Å². The lowest BCUT2D eigenvalue weighted by atomic mass is 9.86. The van der Waals surface area contributed by atoms with Crippen molar-refractivity contribution >= 4 is 22.6 Å². The van der Waals surface area contributed by atoms with Crippen LogP contribution >= 0.6 is 22.6 Å². The molecular weight excluding hydrogens is 467 g/mol. The first-order valence-corrected chi connectivity index (χ1v) is 10.6. The minimum Gasteiger partial charge on any atom is -0.474 e. The molecule has 0 bridgehead atoms. The normalized spacial score (nSPS) is 19.5. The standard InChI is InChI=1S/C21H23IN4O2/c1-27-14-19-24-25-21(26(19)17-9-7-16(22)8-10-17)15-5-11-18(12-6-15)28-20-4-2-3-13-23-20/h2-4,7-10,13,15,18H,5-6,11-12,14H2,1H3. The van der Waals surface area contributed by atoms with E-state index in [1.165, 1.54) is 3.57 Å². The van der Waals surface area contributed by atoms with Crippen LogP contribution < -0.4 is 4.74 Å². The first-order valence-electron chi connectivity index (χ1n) is 9.51. The van der Waals surface area contributed by atoms with E-state index in [1.807, 2.05) is 18.2 Å². The van der Waals surface area contributed by atoms with Gasteiger partial charge < -0.3 is 9.47 Å². The molecule has 7 heteroatoms. The maximum Gasteiger partial charge on any atom is 0.213 e. The van der Waals surface area contributed by atoms with Crippen LogP contribution in [0.25, 0.3) is 5.69 Å². The lowest BCUT2D eigenvalue weighted by Crippen LogP contribution is -2.25. The number of nitrogens with zero attached hydrogens (tertiary/aromatic N) is 4. The van der Waals surface area contributed by atoms with Crippen LogP contribution in [0.3, 0.4) is 0 Å². The molecule has 0 amide bonds. The number of hydrogen-bond donors (Lipinski definition) is 0. The predicted molar refractivity (Wildman–Crippen MR) is 115 cm³/mol. The van der Waals surface area contributed by atoms with Gasteiger partial charge in [-0.05, 0) is 78.6 Å². The third kappa shape index (κ3) is 4.35. The van der Waals surface area contributed by atoms with Gasteiger partial charge in [0, 0.05) is 34.5 Å². The number of aromatic nitrogens is 4. The van der Waals surface area contributed by atoms with E-state index in [0.717, 1.165) is 43.0 Å². The minimum atomic E-state index is 0.208. The van der Waals surface area contributed by atoms with E-state index in [9.17, 15) is 0 Å². The van der Waals surface area contributed by atoms with Gasteiger partial charge in [0.15, 0.2) is 5.82 Å². The third-order valence-electron chi connectivity index (χ3n) is 5.08. The van der Waals surface area contributed by atoms with Crippen molar-refractivity contribution in [3.63, 3.8) is 0 Å². The average molecular weight is 490 g/mol. The lowest BCUT2D eigenvalue weighted by molar-refractivity contribution is 0.138. The fourth-order valence-electron chi connectivity index (χ4n) is 3.72. The van der Waals surface area contributed by atoms with Crippen molar-refractivity contribution in [1.82, 2.24) is 19.7 Å². The van der Waals surface area contributed by atoms with E-state index in [1.54, 1.807) is 13.3 Å². The SMILES string of the molecule is COCc1nnc(C2CCC(Oc3ccccn3)CC2)n1-c1ccc(I)cc1. The Morgan fingerprint density at radius 2 is 1.82 bits per heavy atom. The van der Waals surface area contributed by atoms with Gasteiger partial charge in [0.1, 0.15) is 18.5 Å². The van der Waals surface area contributed by atoms with Crippen molar-refractivity contribution in [2.24, 2.45) is 0 Å². The van der Waals surface area contributed by atoms with Crippen molar-refractivity contribution in [2.75, 3.05) is 7.11 Å². The number of rotatable bonds is 6. The number of halogens is 1. The molecule has 4 rings (SSSR count). The fourth-order valence-corrected chi connectivity index (χ4v) is 4.07. The van der Waals surface area contributed by atoms with Crippen molar-refractivity contribution in [3.05, 3.63) is 63.9 Å². The minimum absolute atomic E-state index is 0.208. The van der Waals surface area contributed by atoms with E-state index in [0.29, 0.717) is 18.4 Å². The van der Waals surface area contributed by atoms with Crippen molar-refractivity contribution in [3.8, 4) is 11.6 Å². The molecule has 0 atom stereocenters. The van der Waals surface area contributed by atoms with Gasteiger partial charge in [0.05, 0.1) is 0 Å². The third-order valence-corrected chi connectivity index (χ3v) is 5.80. The molecular formula is C21H23IN4O2. The highest BCUT2D eigenvalue weighted by molar-refractivity contribution is 14.1. The highest BCUT2D eigenvalue weighted by Gasteiger charge is 2.28. The van der Waals surface area contributed by atoms with E-state index in [4.69, 9.17) is 9.47 Å². The molecule has 0 unspecified atom stereocenters. The van der Waals surface area contributed by atoms with Crippen LogP contribution in [-0.4, -0.2) is 33.0 Å². The summed E-state index contributed by atoms with van der Waals surface area (Å²) < 4.78 is 14.7. The summed E-state index contributed by atoms with van der Waals surface area (Å²) in [6.45, 7) is 0.442. The highest BCUT2D eigenvalue weighted by Crippen LogP contribution is 2.35. The van der Waals surface area contributed by atoms with Gasteiger partial charge in [-0.25, -0.2) is 4.98 Å². The Morgan fingerprint density at radius 3 is 2.50 bits per heavy atom. The molecule has 1 aliphatic rings. The summed E-state index contributed by atoms with van der Waals surface area (Å²) in [6, 6.07) is 14.2. The topological polar surface area (TPSA) is 62.1 Å². The molecule has 2 aromatic heterocycles. The van der Waals surface area contributed by atoms with E-state index in [2.05, 4.69) is 66.6 Å². The van der Waals surface area contributed by atoms with Gasteiger partial charge in [-0.15, -0.1) is 10.2 Å². The number of benzene rings is 1. The smallest absolute Gasteiger partial charge is 0.213 e. The number of hydrogen-bond acceptors (Lipinski definition) is 5. The monoisotopic (exact) mass is 490 g/mol. The van der Waals surface area contributed by atoms with E-state index < -0.39 is 0 Å². The molecule has 0 spiro atoms. The van der Waals surface area contributed by atoms with Crippen LogP contribution in [0.4, 0.5) is 0 Å². The maximum atomic E-state index is 6.04. The quantitative estimate of drug-likeness (QED) is 0.476. The number of ether oxygens (including phenoxy) is 2. The summed E-state index contributed by atoms with van der Waals surface area (Å²) in [5, 5.41) is 8.96. The Hall–Kier alpha value is -2.00. The summed E-state index contributed by atoms with van der Waals surface area (Å²) in [7, 11) is 1.69. The molecule has 1 aromatic carbocycles. The van der Waals surface area contributed by atoms with Crippen LogP contribution in [0.5, 0.6) is 5.88 Å². The van der Waals surface area contributed by atoms with Crippen LogP contribution in [0.2, 0.25) is 0 Å². The molecule has 28 heavy (non-hydrogen) atoms. The van der Waals surface area contributed by atoms with Gasteiger partial charge in [0.2, 0.25) is 5.88 Å². The molecule has 146 valence electrons. The van der Waals surface area contributed by atoms with Crippen LogP contribution in [0, 0.1) is 3.57 Å². The molecule has 6 nitrogen and oxygen atoms in total. The second-order valence-electron chi connectivity index (χ2n) is 6.98. The zero-order valence-electron chi connectivity index (χ0n) is 15.8. The molecule has 0 radical (unpaired) electrons. The van der Waals surface area contributed by atoms with Gasteiger partial charge in [-0.3, -0.25) is 4.57 Å². The summed E-state index contributed by atoms with van der Waals surface area (Å²) in [5.41, 5.74) is 1.08. The van der Waals surface area contributed by atoms with Gasteiger partial charge in [-0.2, -0.15) is 0 Å². The zero-order chi connectivity index (χ0) is 19.3. The molecule has 0 saturated heterocycles. The molecule has 0 N–H and O–H groups in total. The van der Waals surface area contributed by atoms with Gasteiger partial charge in [-0.1, -0.05) is 6.07 Å². The zero-order valence-corrected chi connectivity index (χ0v) is 17.9. The Kier molecular flexibility index (Phi) is 6.21. The second-order valence-corrected chi connectivity index (χ2v) is 8.22. The second kappa shape index (κ2) is 9.00. The van der Waals surface area contributed by atoms with Crippen LogP contribution in [0.15, 0.2) is 48.7 Å². The van der Waals surface area contributed by atoms with Crippen LogP contribution in [0.1, 0.15) is 43.3 Å². The summed E-state index contributed by atoms with van der Waals surface area (Å²) in [4.78, 5) is 4.27. The molecule has 1 aliphatic carbocycles. The molecule has 0 aliphatic heterocycles. The Bertz CT molecular complexity index is 891. The molecule has 1 saturated carbocycles. The van der Waals surface area contributed by atoms with Crippen molar-refractivity contribution in [1.29, 1.82) is 0 Å². The number of pyridine rings is 1. The Labute approximate surface area is 178 Å². The van der Waals surface area contributed by atoms with Gasteiger partial charge in [0.25, 0.3) is 0 Å². The molecule has 1 fully saturated rings. The largest absolute Gasteiger partial charge is 0.474 e. The van der Waals surface area contributed by atoms with Crippen molar-refractivity contribution < 1.29 is 9.47 Å².